The normalized spacial score (nSPS) is 13.2. The number of rotatable bonds is 5. The Kier molecular flexibility index (Phi) is 5.23. The van der Waals surface area contributed by atoms with Gasteiger partial charge in [-0.3, -0.25) is 19.8 Å². The average Bonchev–Trinajstić information content (AvgIpc) is 3.24. The Bertz CT molecular complexity index is 1110. The van der Waals surface area contributed by atoms with Gasteiger partial charge in [-0.25, -0.2) is 4.98 Å². The molecule has 1 aliphatic rings. The second-order valence-electron chi connectivity index (χ2n) is 6.83. The van der Waals surface area contributed by atoms with Crippen LogP contribution in [0, 0.1) is 11.7 Å². The molecule has 0 saturated heterocycles. The number of aromatic nitrogens is 4. The van der Waals surface area contributed by atoms with Crippen LogP contribution in [0.5, 0.6) is 0 Å². The molecule has 4 rings (SSSR count). The van der Waals surface area contributed by atoms with Gasteiger partial charge in [-0.1, -0.05) is 23.5 Å². The summed E-state index contributed by atoms with van der Waals surface area (Å²) in [5.41, 5.74) is 4.12. The molecule has 28 heavy (non-hydrogen) atoms. The molecule has 0 spiro atoms. The fourth-order valence-electron chi connectivity index (χ4n) is 3.49. The predicted molar refractivity (Wildman–Crippen MR) is 114 cm³/mol. The number of fused-ring (bicyclic) bond motifs is 1. The first-order chi connectivity index (χ1) is 13.6. The molecule has 6 nitrogen and oxygen atoms in total. The molecule has 0 atom stereocenters. The van der Waals surface area contributed by atoms with Gasteiger partial charge in [0, 0.05) is 12.1 Å². The first kappa shape index (κ1) is 18.8. The molecule has 1 aromatic carbocycles. The maximum atomic E-state index is 12.7. The third-order valence-corrected chi connectivity index (χ3v) is 6.28. The fourth-order valence-corrected chi connectivity index (χ4v) is 4.66. The minimum Gasteiger partial charge on any atom is -0.298 e. The van der Waals surface area contributed by atoms with Gasteiger partial charge in [0.05, 0.1) is 10.6 Å². The zero-order valence-electron chi connectivity index (χ0n) is 15.6. The first-order valence-electron chi connectivity index (χ1n) is 9.24. The van der Waals surface area contributed by atoms with Crippen molar-refractivity contribution in [3.05, 3.63) is 58.0 Å². The van der Waals surface area contributed by atoms with Crippen molar-refractivity contribution in [1.82, 2.24) is 19.7 Å². The van der Waals surface area contributed by atoms with E-state index in [0.717, 1.165) is 23.4 Å². The minimum absolute atomic E-state index is 0.140. The van der Waals surface area contributed by atoms with Gasteiger partial charge in [-0.2, -0.15) is 5.10 Å². The number of anilines is 1. The van der Waals surface area contributed by atoms with E-state index in [0.29, 0.717) is 27.8 Å². The van der Waals surface area contributed by atoms with E-state index in [4.69, 9.17) is 12.2 Å². The number of hydrogen-bond donors (Lipinski definition) is 2. The van der Waals surface area contributed by atoms with Crippen LogP contribution in [0.2, 0.25) is 0 Å². The molecule has 0 radical (unpaired) electrons. The summed E-state index contributed by atoms with van der Waals surface area (Å²) < 4.78 is 2.39. The predicted octanol–water partition coefficient (Wildman–Crippen LogP) is 4.69. The lowest BCUT2D eigenvalue weighted by atomic mass is 9.90. The third kappa shape index (κ3) is 3.57. The number of aromatic amines is 1. The molecular weight excluding hydrogens is 390 g/mol. The summed E-state index contributed by atoms with van der Waals surface area (Å²) in [4.78, 5) is 18.1. The van der Waals surface area contributed by atoms with Crippen molar-refractivity contribution in [2.75, 3.05) is 5.32 Å². The molecule has 0 saturated carbocycles. The lowest BCUT2D eigenvalue weighted by molar-refractivity contribution is 0.102. The molecular formula is C20H21N5OS2. The summed E-state index contributed by atoms with van der Waals surface area (Å²) in [6.45, 7) is 6.22. The number of carbonyl (C=O) groups excluding carboxylic acids is 1. The van der Waals surface area contributed by atoms with Crippen LogP contribution in [0.3, 0.4) is 0 Å². The maximum Gasteiger partial charge on any atom is 0.257 e. The number of benzene rings is 1. The number of aryl methyl sites for hydroxylation is 3. The maximum absolute atomic E-state index is 12.7. The first-order valence-corrected chi connectivity index (χ1v) is 10.5. The Hall–Kier alpha value is -2.58. The van der Waals surface area contributed by atoms with Crippen molar-refractivity contribution >= 4 is 34.6 Å². The molecule has 1 amide bonds. The van der Waals surface area contributed by atoms with Crippen LogP contribution in [0.15, 0.2) is 30.9 Å². The Morgan fingerprint density at radius 3 is 2.96 bits per heavy atom. The fraction of sp³-hybridized carbons (Fsp3) is 0.300. The Labute approximate surface area is 172 Å². The van der Waals surface area contributed by atoms with Gasteiger partial charge in [0.25, 0.3) is 5.91 Å². The quantitative estimate of drug-likeness (QED) is 0.472. The molecule has 1 aliphatic carbocycles. The van der Waals surface area contributed by atoms with E-state index in [1.165, 1.54) is 35.3 Å². The lowest BCUT2D eigenvalue weighted by Crippen LogP contribution is -2.13. The second-order valence-corrected chi connectivity index (χ2v) is 8.22. The molecule has 0 unspecified atom stereocenters. The monoisotopic (exact) mass is 411 g/mol. The van der Waals surface area contributed by atoms with Crippen LogP contribution in [-0.4, -0.2) is 25.7 Å². The number of thiazole rings is 1. The molecule has 0 bridgehead atoms. The molecule has 8 heteroatoms. The molecule has 0 fully saturated rings. The average molecular weight is 412 g/mol. The van der Waals surface area contributed by atoms with Gasteiger partial charge in [-0.15, -0.1) is 6.58 Å². The van der Waals surface area contributed by atoms with Crippen LogP contribution < -0.4 is 5.32 Å². The summed E-state index contributed by atoms with van der Waals surface area (Å²) in [6.07, 6.45) is 6.33. The van der Waals surface area contributed by atoms with Crippen molar-refractivity contribution in [1.29, 1.82) is 0 Å². The highest BCUT2D eigenvalue weighted by Gasteiger charge is 2.18. The van der Waals surface area contributed by atoms with Crippen molar-refractivity contribution in [3.8, 4) is 10.7 Å². The summed E-state index contributed by atoms with van der Waals surface area (Å²) in [5.74, 6) is 0.563. The summed E-state index contributed by atoms with van der Waals surface area (Å²) >= 11 is 6.67. The summed E-state index contributed by atoms with van der Waals surface area (Å²) in [6, 6.07) is 5.99. The molecule has 0 aliphatic heterocycles. The second kappa shape index (κ2) is 7.81. The highest BCUT2D eigenvalue weighted by molar-refractivity contribution is 7.71. The number of allylic oxidation sites excluding steroid dienone is 1. The highest BCUT2D eigenvalue weighted by atomic mass is 32.1. The molecule has 3 aromatic rings. The van der Waals surface area contributed by atoms with Crippen molar-refractivity contribution in [3.63, 3.8) is 0 Å². The number of nitrogens with zero attached hydrogens (tertiary/aromatic N) is 3. The molecule has 2 N–H and O–H groups in total. The number of amides is 1. The van der Waals surface area contributed by atoms with E-state index in [1.54, 1.807) is 6.08 Å². The van der Waals surface area contributed by atoms with Crippen molar-refractivity contribution in [2.45, 2.75) is 39.2 Å². The zero-order valence-corrected chi connectivity index (χ0v) is 17.3. The summed E-state index contributed by atoms with van der Waals surface area (Å²) in [5, 5.41) is 10.6. The van der Waals surface area contributed by atoms with E-state index in [2.05, 4.69) is 33.1 Å². The smallest absolute Gasteiger partial charge is 0.257 e. The number of hydrogen-bond acceptors (Lipinski definition) is 5. The van der Waals surface area contributed by atoms with E-state index < -0.39 is 0 Å². The van der Waals surface area contributed by atoms with Gasteiger partial charge >= 0.3 is 0 Å². The van der Waals surface area contributed by atoms with E-state index in [9.17, 15) is 4.79 Å². The Morgan fingerprint density at radius 2 is 2.18 bits per heavy atom. The molecule has 144 valence electrons. The lowest BCUT2D eigenvalue weighted by Gasteiger charge is -2.16. The Balaban J connectivity index is 1.58. The molecule has 2 heterocycles. The third-order valence-electron chi connectivity index (χ3n) is 4.90. The van der Waals surface area contributed by atoms with Crippen molar-refractivity contribution in [2.24, 2.45) is 0 Å². The standard InChI is InChI=1S/C20H21N5OS2/c1-3-10-25-17(23-24-20(25)27)16-12(2)21-19(28-16)22-18(26)15-9-8-13-6-4-5-7-14(13)11-15/h3,8-9,11H,1,4-7,10H2,2H3,(H,24,27)(H,21,22,26). The number of nitrogens with one attached hydrogen (secondary N) is 2. The summed E-state index contributed by atoms with van der Waals surface area (Å²) in [7, 11) is 0. The van der Waals surface area contributed by atoms with Gasteiger partial charge in [0.15, 0.2) is 15.7 Å². The van der Waals surface area contributed by atoms with Gasteiger partial charge < -0.3 is 0 Å². The van der Waals surface area contributed by atoms with Crippen molar-refractivity contribution < 1.29 is 4.79 Å². The zero-order chi connectivity index (χ0) is 19.7. The minimum atomic E-state index is -0.140. The van der Waals surface area contributed by atoms with Crippen LogP contribution >= 0.6 is 23.6 Å². The van der Waals surface area contributed by atoms with E-state index >= 15 is 0 Å². The largest absolute Gasteiger partial charge is 0.298 e. The highest BCUT2D eigenvalue weighted by Crippen LogP contribution is 2.32. The van der Waals surface area contributed by atoms with Gasteiger partial charge in [0.1, 0.15) is 0 Å². The van der Waals surface area contributed by atoms with Crippen LogP contribution in [0.4, 0.5) is 5.13 Å². The van der Waals surface area contributed by atoms with E-state index in [-0.39, 0.29) is 5.91 Å². The van der Waals surface area contributed by atoms with Crippen LogP contribution in [-0.2, 0) is 19.4 Å². The molecule has 2 aromatic heterocycles. The van der Waals surface area contributed by atoms with Crippen LogP contribution in [0.25, 0.3) is 10.7 Å². The van der Waals surface area contributed by atoms with E-state index in [1.807, 2.05) is 23.6 Å². The van der Waals surface area contributed by atoms with Gasteiger partial charge in [-0.05, 0) is 68.1 Å². The van der Waals surface area contributed by atoms with Gasteiger partial charge in [0.2, 0.25) is 0 Å². The topological polar surface area (TPSA) is 75.6 Å². The SMILES string of the molecule is C=CCn1c(-c2sc(NC(=O)c3ccc4c(c3)CCCC4)nc2C)n[nH]c1=S. The number of carbonyl (C=O) groups is 1. The number of H-pyrrole nitrogens is 1. The Morgan fingerprint density at radius 1 is 1.39 bits per heavy atom. The van der Waals surface area contributed by atoms with Crippen LogP contribution in [0.1, 0.15) is 40.0 Å².